The molecule has 1 aliphatic heterocycles. The number of carbonyl (C=O) groups excluding carboxylic acids is 2. The van der Waals surface area contributed by atoms with Gasteiger partial charge in [0, 0.05) is 19.4 Å². The standard InChI is InChI=1S/C11H18N2O4/c1-7(6-10(15)16)5-9(14)13-4-2-3-8(13)11(12)17/h7-8H,2-6H2,1H3,(H2,12,17)(H,15,16). The van der Waals surface area contributed by atoms with Crippen molar-refractivity contribution in [1.29, 1.82) is 0 Å². The molecule has 6 heteroatoms. The summed E-state index contributed by atoms with van der Waals surface area (Å²) in [5.41, 5.74) is 5.21. The molecule has 1 fully saturated rings. The van der Waals surface area contributed by atoms with Crippen LogP contribution >= 0.6 is 0 Å². The maximum Gasteiger partial charge on any atom is 0.303 e. The quantitative estimate of drug-likeness (QED) is 0.706. The first-order valence-electron chi connectivity index (χ1n) is 5.72. The van der Waals surface area contributed by atoms with E-state index in [1.54, 1.807) is 6.92 Å². The summed E-state index contributed by atoms with van der Waals surface area (Å²) in [6.07, 6.45) is 1.48. The average Bonchev–Trinajstić information content (AvgIpc) is 2.63. The van der Waals surface area contributed by atoms with Crippen molar-refractivity contribution >= 4 is 17.8 Å². The Kier molecular flexibility index (Phi) is 4.48. The number of rotatable bonds is 5. The molecule has 1 aliphatic rings. The van der Waals surface area contributed by atoms with E-state index in [4.69, 9.17) is 10.8 Å². The Bertz CT molecular complexity index is 329. The molecule has 0 aromatic heterocycles. The molecule has 96 valence electrons. The highest BCUT2D eigenvalue weighted by atomic mass is 16.4. The van der Waals surface area contributed by atoms with Gasteiger partial charge >= 0.3 is 5.97 Å². The molecule has 0 spiro atoms. The minimum Gasteiger partial charge on any atom is -0.481 e. The molecule has 1 heterocycles. The van der Waals surface area contributed by atoms with Gasteiger partial charge in [-0.05, 0) is 18.8 Å². The lowest BCUT2D eigenvalue weighted by atomic mass is 10.0. The maximum atomic E-state index is 11.9. The van der Waals surface area contributed by atoms with Gasteiger partial charge in [0.25, 0.3) is 0 Å². The third-order valence-electron chi connectivity index (χ3n) is 2.95. The van der Waals surface area contributed by atoms with E-state index < -0.39 is 17.9 Å². The Morgan fingerprint density at radius 3 is 2.59 bits per heavy atom. The molecular formula is C11H18N2O4. The summed E-state index contributed by atoms with van der Waals surface area (Å²) in [4.78, 5) is 35.0. The minimum absolute atomic E-state index is 0.0409. The fourth-order valence-corrected chi connectivity index (χ4v) is 2.15. The Hall–Kier alpha value is -1.59. The van der Waals surface area contributed by atoms with Crippen molar-refractivity contribution in [2.24, 2.45) is 11.7 Å². The number of nitrogens with two attached hydrogens (primary N) is 1. The van der Waals surface area contributed by atoms with Crippen molar-refractivity contribution in [2.45, 2.75) is 38.6 Å². The summed E-state index contributed by atoms with van der Waals surface area (Å²) < 4.78 is 0. The molecule has 0 aromatic rings. The monoisotopic (exact) mass is 242 g/mol. The predicted octanol–water partition coefficient (Wildman–Crippen LogP) is -0.0364. The fraction of sp³-hybridized carbons (Fsp3) is 0.727. The highest BCUT2D eigenvalue weighted by Gasteiger charge is 2.32. The lowest BCUT2D eigenvalue weighted by molar-refractivity contribution is -0.140. The van der Waals surface area contributed by atoms with Gasteiger partial charge in [-0.25, -0.2) is 0 Å². The topological polar surface area (TPSA) is 101 Å². The molecular weight excluding hydrogens is 224 g/mol. The zero-order valence-electron chi connectivity index (χ0n) is 9.89. The highest BCUT2D eigenvalue weighted by molar-refractivity contribution is 5.87. The van der Waals surface area contributed by atoms with Crippen LogP contribution in [-0.4, -0.2) is 40.4 Å². The van der Waals surface area contributed by atoms with Crippen molar-refractivity contribution in [3.05, 3.63) is 0 Å². The van der Waals surface area contributed by atoms with Gasteiger partial charge in [-0.2, -0.15) is 0 Å². The van der Waals surface area contributed by atoms with E-state index in [0.29, 0.717) is 13.0 Å². The second-order valence-corrected chi connectivity index (χ2v) is 4.55. The third-order valence-corrected chi connectivity index (χ3v) is 2.95. The number of nitrogens with zero attached hydrogens (tertiary/aromatic N) is 1. The van der Waals surface area contributed by atoms with Crippen LogP contribution in [0.4, 0.5) is 0 Å². The van der Waals surface area contributed by atoms with E-state index in [1.165, 1.54) is 4.90 Å². The number of carbonyl (C=O) groups is 3. The molecule has 0 aliphatic carbocycles. The van der Waals surface area contributed by atoms with E-state index in [0.717, 1.165) is 6.42 Å². The molecule has 6 nitrogen and oxygen atoms in total. The van der Waals surface area contributed by atoms with Crippen LogP contribution in [0.25, 0.3) is 0 Å². The number of likely N-dealkylation sites (tertiary alicyclic amines) is 1. The van der Waals surface area contributed by atoms with Crippen LogP contribution < -0.4 is 5.73 Å². The SMILES string of the molecule is CC(CC(=O)O)CC(=O)N1CCCC1C(N)=O. The van der Waals surface area contributed by atoms with Gasteiger partial charge in [-0.3, -0.25) is 14.4 Å². The largest absolute Gasteiger partial charge is 0.481 e. The predicted molar refractivity (Wildman–Crippen MR) is 60.0 cm³/mol. The number of carboxylic acid groups (broad SMARTS) is 1. The summed E-state index contributed by atoms with van der Waals surface area (Å²) in [6.45, 7) is 2.24. The molecule has 0 bridgehead atoms. The first-order valence-corrected chi connectivity index (χ1v) is 5.72. The van der Waals surface area contributed by atoms with Crippen LogP contribution in [0.3, 0.4) is 0 Å². The van der Waals surface area contributed by atoms with Crippen LogP contribution in [0.1, 0.15) is 32.6 Å². The number of primary amides is 1. The molecule has 0 radical (unpaired) electrons. The Morgan fingerprint density at radius 2 is 2.06 bits per heavy atom. The minimum atomic E-state index is -0.918. The number of hydrogen-bond acceptors (Lipinski definition) is 3. The molecule has 0 saturated carbocycles. The maximum absolute atomic E-state index is 11.9. The fourth-order valence-electron chi connectivity index (χ4n) is 2.15. The van der Waals surface area contributed by atoms with E-state index in [2.05, 4.69) is 0 Å². The van der Waals surface area contributed by atoms with Crippen molar-refractivity contribution < 1.29 is 19.5 Å². The summed E-state index contributed by atoms with van der Waals surface area (Å²) in [7, 11) is 0. The van der Waals surface area contributed by atoms with Crippen LogP contribution in [0.2, 0.25) is 0 Å². The second kappa shape index (κ2) is 5.65. The van der Waals surface area contributed by atoms with Crippen molar-refractivity contribution in [2.75, 3.05) is 6.54 Å². The first-order chi connectivity index (χ1) is 7.91. The van der Waals surface area contributed by atoms with E-state index in [1.807, 2.05) is 0 Å². The zero-order chi connectivity index (χ0) is 13.0. The van der Waals surface area contributed by atoms with Crippen molar-refractivity contribution in [3.8, 4) is 0 Å². The molecule has 1 rings (SSSR count). The molecule has 17 heavy (non-hydrogen) atoms. The first kappa shape index (κ1) is 13.5. The number of amides is 2. The van der Waals surface area contributed by atoms with Crippen LogP contribution in [0.5, 0.6) is 0 Å². The zero-order valence-corrected chi connectivity index (χ0v) is 9.89. The van der Waals surface area contributed by atoms with Crippen molar-refractivity contribution in [3.63, 3.8) is 0 Å². The van der Waals surface area contributed by atoms with E-state index >= 15 is 0 Å². The normalized spacial score (nSPS) is 21.2. The third kappa shape index (κ3) is 3.72. The van der Waals surface area contributed by atoms with Gasteiger partial charge in [0.05, 0.1) is 0 Å². The highest BCUT2D eigenvalue weighted by Crippen LogP contribution is 2.20. The molecule has 2 unspecified atom stereocenters. The van der Waals surface area contributed by atoms with Gasteiger partial charge in [0.2, 0.25) is 11.8 Å². The van der Waals surface area contributed by atoms with E-state index in [-0.39, 0.29) is 24.7 Å². The van der Waals surface area contributed by atoms with Crippen LogP contribution in [-0.2, 0) is 14.4 Å². The lowest BCUT2D eigenvalue weighted by Gasteiger charge is -2.23. The Labute approximate surface area is 99.8 Å². The van der Waals surface area contributed by atoms with Gasteiger partial charge in [0.15, 0.2) is 0 Å². The second-order valence-electron chi connectivity index (χ2n) is 4.55. The van der Waals surface area contributed by atoms with Gasteiger partial charge in [0.1, 0.15) is 6.04 Å². The van der Waals surface area contributed by atoms with Crippen LogP contribution in [0.15, 0.2) is 0 Å². The molecule has 2 amide bonds. The Morgan fingerprint density at radius 1 is 1.41 bits per heavy atom. The van der Waals surface area contributed by atoms with Crippen LogP contribution in [0, 0.1) is 5.92 Å². The van der Waals surface area contributed by atoms with Gasteiger partial charge in [-0.1, -0.05) is 6.92 Å². The molecule has 1 saturated heterocycles. The molecule has 2 atom stereocenters. The summed E-state index contributed by atoms with van der Waals surface area (Å²) in [5.74, 6) is -1.81. The molecule has 0 aromatic carbocycles. The van der Waals surface area contributed by atoms with Crippen molar-refractivity contribution in [1.82, 2.24) is 4.90 Å². The summed E-state index contributed by atoms with van der Waals surface area (Å²) in [6, 6.07) is -0.514. The summed E-state index contributed by atoms with van der Waals surface area (Å²) in [5, 5.41) is 8.60. The number of hydrogen-bond donors (Lipinski definition) is 2. The molecule has 3 N–H and O–H groups in total. The van der Waals surface area contributed by atoms with Gasteiger partial charge < -0.3 is 15.7 Å². The number of carboxylic acids is 1. The van der Waals surface area contributed by atoms with Gasteiger partial charge in [-0.15, -0.1) is 0 Å². The average molecular weight is 242 g/mol. The Balaban J connectivity index is 2.52. The number of aliphatic carboxylic acids is 1. The summed E-state index contributed by atoms with van der Waals surface area (Å²) >= 11 is 0. The van der Waals surface area contributed by atoms with E-state index in [9.17, 15) is 14.4 Å². The smallest absolute Gasteiger partial charge is 0.303 e. The lowest BCUT2D eigenvalue weighted by Crippen LogP contribution is -2.44.